The lowest BCUT2D eigenvalue weighted by Crippen LogP contribution is -2.47. The van der Waals surface area contributed by atoms with Crippen LogP contribution in [0, 0.1) is 11.6 Å². The fourth-order valence-electron chi connectivity index (χ4n) is 2.75. The van der Waals surface area contributed by atoms with E-state index in [1.54, 1.807) is 20.8 Å². The van der Waals surface area contributed by atoms with Crippen molar-refractivity contribution in [1.82, 2.24) is 9.24 Å². The van der Waals surface area contributed by atoms with Crippen molar-refractivity contribution in [3.63, 3.8) is 0 Å². The zero-order chi connectivity index (χ0) is 20.1. The Morgan fingerprint density at radius 2 is 1.89 bits per heavy atom. The van der Waals surface area contributed by atoms with Gasteiger partial charge in [0.1, 0.15) is 11.1 Å². The summed E-state index contributed by atoms with van der Waals surface area (Å²) in [4.78, 5) is 37.6. The molecule has 0 spiro atoms. The molecular weight excluding hydrogens is 364 g/mol. The Morgan fingerprint density at radius 3 is 2.41 bits per heavy atom. The molecule has 10 heteroatoms. The highest BCUT2D eigenvalue weighted by molar-refractivity contribution is 5.85. The second-order valence-corrected chi connectivity index (χ2v) is 7.24. The van der Waals surface area contributed by atoms with Gasteiger partial charge in [-0.05, 0) is 39.7 Å². The number of ether oxygens (including phenoxy) is 2. The number of nitrogens with zero attached hydrogens (tertiary/aromatic N) is 2. The summed E-state index contributed by atoms with van der Waals surface area (Å²) in [6.07, 6.45) is 0.196. The summed E-state index contributed by atoms with van der Waals surface area (Å²) >= 11 is 0. The Hall–Kier alpha value is -2.91. The van der Waals surface area contributed by atoms with Crippen molar-refractivity contribution in [3.05, 3.63) is 38.5 Å². The summed E-state index contributed by atoms with van der Waals surface area (Å²) in [6.45, 7) is 4.84. The number of halogens is 2. The fourth-order valence-corrected chi connectivity index (χ4v) is 2.75. The van der Waals surface area contributed by atoms with Crippen LogP contribution in [0.15, 0.2) is 15.7 Å². The van der Waals surface area contributed by atoms with Crippen molar-refractivity contribution in [2.45, 2.75) is 45.3 Å². The summed E-state index contributed by atoms with van der Waals surface area (Å²) in [7, 11) is 1.11. The molecule has 3 rings (SSSR count). The number of nitrogens with one attached hydrogen (secondary N) is 1. The van der Waals surface area contributed by atoms with Crippen LogP contribution in [0.1, 0.15) is 39.7 Å². The number of carbonyl (C=O) groups excluding carboxylic acids is 1. The molecule has 0 radical (unpaired) electrons. The zero-order valence-electron chi connectivity index (χ0n) is 15.3. The monoisotopic (exact) mass is 383 g/mol. The molecule has 0 atom stereocenters. The van der Waals surface area contributed by atoms with Crippen LogP contribution < -0.4 is 21.4 Å². The Morgan fingerprint density at radius 1 is 1.26 bits per heavy atom. The molecule has 1 heterocycles. The summed E-state index contributed by atoms with van der Waals surface area (Å²) in [5.41, 5.74) is -0.847. The van der Waals surface area contributed by atoms with Gasteiger partial charge in [0.25, 0.3) is 5.56 Å². The highest BCUT2D eigenvalue weighted by atomic mass is 19.2. The molecule has 8 nitrogen and oxygen atoms in total. The summed E-state index contributed by atoms with van der Waals surface area (Å²) in [5, 5.41) is -0.298. The van der Waals surface area contributed by atoms with Crippen LogP contribution in [0.25, 0.3) is 10.9 Å². The van der Waals surface area contributed by atoms with E-state index in [1.165, 1.54) is 0 Å². The van der Waals surface area contributed by atoms with Crippen LogP contribution in [0.2, 0.25) is 0 Å². The minimum atomic E-state index is -1.30. The number of methoxy groups -OCH3 is 1. The largest absolute Gasteiger partial charge is 0.491 e. The van der Waals surface area contributed by atoms with E-state index in [9.17, 15) is 23.2 Å². The van der Waals surface area contributed by atoms with Crippen molar-refractivity contribution in [3.8, 4) is 5.75 Å². The summed E-state index contributed by atoms with van der Waals surface area (Å²) in [5.74, 6) is -3.13. The van der Waals surface area contributed by atoms with E-state index < -0.39 is 40.3 Å². The molecule has 1 aliphatic carbocycles. The second kappa shape index (κ2) is 6.36. The Kier molecular flexibility index (Phi) is 4.44. The molecule has 1 aliphatic rings. The van der Waals surface area contributed by atoms with Crippen LogP contribution in [0.3, 0.4) is 0 Å². The third kappa shape index (κ3) is 3.38. The minimum Gasteiger partial charge on any atom is -0.491 e. The Labute approximate surface area is 152 Å². The SMILES string of the molecule is COc1c(F)c(F)cc2c(=O)n(NC(=O)OC(C)(C)C)c(=O)n(C3CC3)c12. The number of carbonyl (C=O) groups is 1. The standard InChI is InChI=1S/C17H19F2N3O5/c1-17(2,3)27-15(24)20-22-14(23)9-7-10(18)11(19)13(26-4)12(9)21(16(22)25)8-5-6-8/h7-8H,5-6H2,1-4H3,(H,20,24). The average molecular weight is 383 g/mol. The molecular formula is C17H19F2N3O5. The summed E-state index contributed by atoms with van der Waals surface area (Å²) in [6, 6.07) is 0.368. The lowest BCUT2D eigenvalue weighted by Gasteiger charge is -2.21. The van der Waals surface area contributed by atoms with Gasteiger partial charge in [-0.25, -0.2) is 19.4 Å². The normalized spacial score (nSPS) is 14.3. The minimum absolute atomic E-state index is 0.142. The number of rotatable bonds is 3. The zero-order valence-corrected chi connectivity index (χ0v) is 15.3. The molecule has 2 aromatic rings. The van der Waals surface area contributed by atoms with Gasteiger partial charge in [0, 0.05) is 6.04 Å². The third-order valence-corrected chi connectivity index (χ3v) is 3.94. The van der Waals surface area contributed by atoms with Gasteiger partial charge >= 0.3 is 11.8 Å². The lowest BCUT2D eigenvalue weighted by atomic mass is 10.2. The van der Waals surface area contributed by atoms with Gasteiger partial charge in [0.15, 0.2) is 11.6 Å². The summed E-state index contributed by atoms with van der Waals surface area (Å²) < 4.78 is 39.6. The molecule has 1 fully saturated rings. The molecule has 1 aromatic carbocycles. The topological polar surface area (TPSA) is 91.6 Å². The van der Waals surface area contributed by atoms with Crippen molar-refractivity contribution < 1.29 is 23.0 Å². The van der Waals surface area contributed by atoms with Crippen LogP contribution in [0.4, 0.5) is 13.6 Å². The van der Waals surface area contributed by atoms with Crippen LogP contribution >= 0.6 is 0 Å². The maximum atomic E-state index is 14.1. The first-order chi connectivity index (χ1) is 12.5. The van der Waals surface area contributed by atoms with Gasteiger partial charge < -0.3 is 9.47 Å². The van der Waals surface area contributed by atoms with Gasteiger partial charge in [-0.1, -0.05) is 0 Å². The van der Waals surface area contributed by atoms with Crippen molar-refractivity contribution in [1.29, 1.82) is 0 Å². The van der Waals surface area contributed by atoms with E-state index >= 15 is 0 Å². The van der Waals surface area contributed by atoms with E-state index in [4.69, 9.17) is 9.47 Å². The first kappa shape index (κ1) is 18.9. The molecule has 0 saturated heterocycles. The van der Waals surface area contributed by atoms with Gasteiger partial charge in [0.2, 0.25) is 5.82 Å². The van der Waals surface area contributed by atoms with E-state index in [-0.39, 0.29) is 16.9 Å². The van der Waals surface area contributed by atoms with Crippen molar-refractivity contribution in [2.75, 3.05) is 12.5 Å². The molecule has 1 saturated carbocycles. The van der Waals surface area contributed by atoms with Crippen LogP contribution in [-0.2, 0) is 4.74 Å². The fraction of sp³-hybridized carbons (Fsp3) is 0.471. The molecule has 0 unspecified atom stereocenters. The average Bonchev–Trinajstić information content (AvgIpc) is 3.37. The van der Waals surface area contributed by atoms with Gasteiger partial charge in [-0.3, -0.25) is 9.36 Å². The molecule has 0 aliphatic heterocycles. The number of aromatic nitrogens is 2. The number of fused-ring (bicyclic) bond motifs is 1. The van der Waals surface area contributed by atoms with Gasteiger partial charge in [-0.2, -0.15) is 9.07 Å². The van der Waals surface area contributed by atoms with E-state index in [0.29, 0.717) is 23.6 Å². The predicted octanol–water partition coefficient (Wildman–Crippen LogP) is 2.26. The molecule has 146 valence electrons. The molecule has 27 heavy (non-hydrogen) atoms. The molecule has 0 bridgehead atoms. The van der Waals surface area contributed by atoms with E-state index in [1.807, 2.05) is 0 Å². The van der Waals surface area contributed by atoms with Crippen LogP contribution in [0.5, 0.6) is 5.75 Å². The van der Waals surface area contributed by atoms with Crippen molar-refractivity contribution >= 4 is 17.0 Å². The van der Waals surface area contributed by atoms with Crippen molar-refractivity contribution in [2.24, 2.45) is 0 Å². The molecule has 1 aromatic heterocycles. The number of hydrogen-bond acceptors (Lipinski definition) is 5. The maximum Gasteiger partial charge on any atom is 0.427 e. The number of hydrogen-bond donors (Lipinski definition) is 1. The van der Waals surface area contributed by atoms with Crippen LogP contribution in [-0.4, -0.2) is 28.0 Å². The molecule has 1 amide bonds. The predicted molar refractivity (Wildman–Crippen MR) is 92.8 cm³/mol. The quantitative estimate of drug-likeness (QED) is 0.878. The lowest BCUT2D eigenvalue weighted by molar-refractivity contribution is 0.0610. The third-order valence-electron chi connectivity index (χ3n) is 3.94. The Bertz CT molecular complexity index is 1050. The Balaban J connectivity index is 2.28. The first-order valence-corrected chi connectivity index (χ1v) is 8.28. The first-order valence-electron chi connectivity index (χ1n) is 8.28. The smallest absolute Gasteiger partial charge is 0.427 e. The van der Waals surface area contributed by atoms with Gasteiger partial charge in [0.05, 0.1) is 12.5 Å². The van der Waals surface area contributed by atoms with E-state index in [0.717, 1.165) is 11.7 Å². The highest BCUT2D eigenvalue weighted by Gasteiger charge is 2.32. The molecule has 1 N–H and O–H groups in total. The van der Waals surface area contributed by atoms with Gasteiger partial charge in [-0.15, -0.1) is 0 Å². The maximum absolute atomic E-state index is 14.1. The number of benzene rings is 1. The highest BCUT2D eigenvalue weighted by Crippen LogP contribution is 2.38. The number of amides is 1. The van der Waals surface area contributed by atoms with E-state index in [2.05, 4.69) is 5.43 Å². The second-order valence-electron chi connectivity index (χ2n) is 7.24.